The van der Waals surface area contributed by atoms with Gasteiger partial charge in [0.05, 0.1) is 5.56 Å². The Labute approximate surface area is 68.4 Å². The molecule has 0 amide bonds. The highest BCUT2D eigenvalue weighted by molar-refractivity contribution is 5.51. The molecule has 0 saturated carbocycles. The number of alkyl halides is 2. The van der Waals surface area contributed by atoms with Crippen molar-refractivity contribution in [3.8, 4) is 0 Å². The molecule has 0 spiro atoms. The number of pyridine rings is 1. The molecule has 0 radical (unpaired) electrons. The molecule has 4 N–H and O–H groups in total. The molecule has 0 saturated heterocycles. The summed E-state index contributed by atoms with van der Waals surface area (Å²) in [5, 5.41) is 0. The number of anilines is 2. The molecule has 3 nitrogen and oxygen atoms in total. The lowest BCUT2D eigenvalue weighted by atomic mass is 10.2. The van der Waals surface area contributed by atoms with E-state index in [0.29, 0.717) is 5.56 Å². The van der Waals surface area contributed by atoms with E-state index in [4.69, 9.17) is 11.5 Å². The van der Waals surface area contributed by atoms with Crippen LogP contribution in [0.1, 0.15) is 17.6 Å². The van der Waals surface area contributed by atoms with Crippen LogP contribution in [0, 0.1) is 6.92 Å². The predicted molar refractivity (Wildman–Crippen MR) is 42.8 cm³/mol. The Bertz CT molecular complexity index is 299. The Morgan fingerprint density at radius 3 is 2.42 bits per heavy atom. The molecule has 1 heterocycles. The number of aryl methyl sites for hydroxylation is 1. The van der Waals surface area contributed by atoms with Crippen LogP contribution in [0.25, 0.3) is 0 Å². The molecule has 1 aromatic rings. The van der Waals surface area contributed by atoms with Gasteiger partial charge in [0.15, 0.2) is 0 Å². The number of nitrogens with zero attached hydrogens (tertiary/aromatic N) is 1. The molecule has 0 aromatic carbocycles. The van der Waals surface area contributed by atoms with Gasteiger partial charge in [-0.25, -0.2) is 13.8 Å². The van der Waals surface area contributed by atoms with Crippen molar-refractivity contribution in [2.24, 2.45) is 0 Å². The fourth-order valence-electron chi connectivity index (χ4n) is 0.838. The summed E-state index contributed by atoms with van der Waals surface area (Å²) in [6.45, 7) is 1.60. The summed E-state index contributed by atoms with van der Waals surface area (Å²) in [4.78, 5) is 3.57. The highest BCUT2D eigenvalue weighted by atomic mass is 19.3. The fourth-order valence-corrected chi connectivity index (χ4v) is 0.838. The molecule has 0 atom stereocenters. The second kappa shape index (κ2) is 2.92. The summed E-state index contributed by atoms with van der Waals surface area (Å²) >= 11 is 0. The molecule has 0 aliphatic rings. The van der Waals surface area contributed by atoms with Gasteiger partial charge < -0.3 is 11.5 Å². The third-order valence-corrected chi connectivity index (χ3v) is 1.55. The molecule has 5 heteroatoms. The molecule has 0 aliphatic heterocycles. The van der Waals surface area contributed by atoms with Gasteiger partial charge in [0.25, 0.3) is 6.43 Å². The minimum absolute atomic E-state index is 0.192. The zero-order valence-electron chi connectivity index (χ0n) is 6.51. The zero-order valence-corrected chi connectivity index (χ0v) is 6.51. The van der Waals surface area contributed by atoms with E-state index in [1.54, 1.807) is 6.92 Å². The monoisotopic (exact) mass is 173 g/mol. The highest BCUT2D eigenvalue weighted by Gasteiger charge is 2.13. The van der Waals surface area contributed by atoms with Gasteiger partial charge in [0.1, 0.15) is 11.6 Å². The normalized spacial score (nSPS) is 10.7. The smallest absolute Gasteiger partial charge is 0.267 e. The average molecular weight is 173 g/mol. The number of aromatic nitrogens is 1. The number of nitrogens with two attached hydrogens (primary N) is 2. The first-order chi connectivity index (χ1) is 5.52. The predicted octanol–water partition coefficient (Wildman–Crippen LogP) is 1.49. The maximum absolute atomic E-state index is 12.2. The van der Waals surface area contributed by atoms with E-state index in [0.717, 1.165) is 0 Å². The van der Waals surface area contributed by atoms with E-state index in [1.165, 1.54) is 6.07 Å². The zero-order chi connectivity index (χ0) is 9.30. The summed E-state index contributed by atoms with van der Waals surface area (Å²) in [6, 6.07) is 1.25. The number of hydrogen-bond donors (Lipinski definition) is 2. The summed E-state index contributed by atoms with van der Waals surface area (Å²) in [6.07, 6.45) is -2.60. The van der Waals surface area contributed by atoms with E-state index in [-0.39, 0.29) is 17.2 Å². The molecular formula is C7H9F2N3. The van der Waals surface area contributed by atoms with Crippen molar-refractivity contribution >= 4 is 11.6 Å². The van der Waals surface area contributed by atoms with E-state index < -0.39 is 6.43 Å². The van der Waals surface area contributed by atoms with Gasteiger partial charge in [0.2, 0.25) is 0 Å². The van der Waals surface area contributed by atoms with Crippen LogP contribution in [0.4, 0.5) is 20.4 Å². The third kappa shape index (κ3) is 1.44. The summed E-state index contributed by atoms with van der Waals surface area (Å²) in [5.41, 5.74) is 10.8. The van der Waals surface area contributed by atoms with E-state index in [1.807, 2.05) is 0 Å². The Kier molecular flexibility index (Phi) is 2.12. The molecule has 0 unspecified atom stereocenters. The molecule has 1 rings (SSSR count). The molecule has 0 aliphatic carbocycles. The van der Waals surface area contributed by atoms with Gasteiger partial charge in [-0.2, -0.15) is 0 Å². The van der Waals surface area contributed by atoms with Crippen LogP contribution < -0.4 is 11.5 Å². The van der Waals surface area contributed by atoms with Crippen molar-refractivity contribution in [2.75, 3.05) is 11.5 Å². The topological polar surface area (TPSA) is 64.9 Å². The number of hydrogen-bond acceptors (Lipinski definition) is 3. The number of rotatable bonds is 1. The van der Waals surface area contributed by atoms with Crippen molar-refractivity contribution in [1.82, 2.24) is 4.98 Å². The first-order valence-electron chi connectivity index (χ1n) is 3.33. The van der Waals surface area contributed by atoms with Crippen molar-refractivity contribution < 1.29 is 8.78 Å². The second-order valence-electron chi connectivity index (χ2n) is 2.47. The van der Waals surface area contributed by atoms with Crippen molar-refractivity contribution in [2.45, 2.75) is 13.3 Å². The summed E-state index contributed by atoms with van der Waals surface area (Å²) < 4.78 is 24.4. The van der Waals surface area contributed by atoms with Crippen LogP contribution in [0.3, 0.4) is 0 Å². The molecule has 12 heavy (non-hydrogen) atoms. The quantitative estimate of drug-likeness (QED) is 0.676. The van der Waals surface area contributed by atoms with Crippen LogP contribution >= 0.6 is 0 Å². The van der Waals surface area contributed by atoms with Gasteiger partial charge >= 0.3 is 0 Å². The van der Waals surface area contributed by atoms with Crippen LogP contribution in [0.5, 0.6) is 0 Å². The Hall–Kier alpha value is -1.39. The SMILES string of the molecule is Cc1cc(C(F)F)c(N)nc1N. The van der Waals surface area contributed by atoms with Crippen molar-refractivity contribution in [3.05, 3.63) is 17.2 Å². The van der Waals surface area contributed by atoms with Gasteiger partial charge in [-0.3, -0.25) is 0 Å². The van der Waals surface area contributed by atoms with Crippen LogP contribution in [-0.4, -0.2) is 4.98 Å². The first kappa shape index (κ1) is 8.70. The van der Waals surface area contributed by atoms with E-state index in [9.17, 15) is 8.78 Å². The molecule has 1 aromatic heterocycles. The molecule has 66 valence electrons. The largest absolute Gasteiger partial charge is 0.383 e. The second-order valence-corrected chi connectivity index (χ2v) is 2.47. The minimum atomic E-state index is -2.60. The number of nitrogen functional groups attached to an aromatic ring is 2. The third-order valence-electron chi connectivity index (χ3n) is 1.55. The molecule has 0 fully saturated rings. The van der Waals surface area contributed by atoms with Crippen molar-refractivity contribution in [1.29, 1.82) is 0 Å². The van der Waals surface area contributed by atoms with Gasteiger partial charge in [-0.1, -0.05) is 0 Å². The molecule has 0 bridgehead atoms. The Balaban J connectivity index is 3.23. The van der Waals surface area contributed by atoms with Gasteiger partial charge in [-0.05, 0) is 18.6 Å². The van der Waals surface area contributed by atoms with E-state index >= 15 is 0 Å². The van der Waals surface area contributed by atoms with E-state index in [2.05, 4.69) is 4.98 Å². The maximum Gasteiger partial charge on any atom is 0.267 e. The fraction of sp³-hybridized carbons (Fsp3) is 0.286. The first-order valence-corrected chi connectivity index (χ1v) is 3.33. The van der Waals surface area contributed by atoms with Gasteiger partial charge in [0, 0.05) is 0 Å². The standard InChI is InChI=1S/C7H9F2N3/c1-3-2-4(5(8)9)7(11)12-6(3)10/h2,5H,1H3,(H4,10,11,12). The van der Waals surface area contributed by atoms with Crippen molar-refractivity contribution in [3.63, 3.8) is 0 Å². The Morgan fingerprint density at radius 2 is 1.92 bits per heavy atom. The lowest BCUT2D eigenvalue weighted by molar-refractivity contribution is 0.152. The van der Waals surface area contributed by atoms with Crippen LogP contribution in [0.2, 0.25) is 0 Å². The summed E-state index contributed by atoms with van der Waals surface area (Å²) in [5.74, 6) is -0.00926. The Morgan fingerprint density at radius 1 is 1.33 bits per heavy atom. The molecular weight excluding hydrogens is 164 g/mol. The summed E-state index contributed by atoms with van der Waals surface area (Å²) in [7, 11) is 0. The van der Waals surface area contributed by atoms with Crippen LogP contribution in [0.15, 0.2) is 6.07 Å². The highest BCUT2D eigenvalue weighted by Crippen LogP contribution is 2.25. The minimum Gasteiger partial charge on any atom is -0.383 e. The lowest BCUT2D eigenvalue weighted by Gasteiger charge is -2.06. The number of halogens is 2. The lowest BCUT2D eigenvalue weighted by Crippen LogP contribution is -2.03. The average Bonchev–Trinajstić information content (AvgIpc) is 1.96. The van der Waals surface area contributed by atoms with Gasteiger partial charge in [-0.15, -0.1) is 0 Å². The maximum atomic E-state index is 12.2. The van der Waals surface area contributed by atoms with Crippen LogP contribution in [-0.2, 0) is 0 Å².